The van der Waals surface area contributed by atoms with Crippen LogP contribution in [0.1, 0.15) is 24.1 Å². The van der Waals surface area contributed by atoms with E-state index in [0.717, 1.165) is 22.4 Å². The van der Waals surface area contributed by atoms with Crippen LogP contribution in [0.5, 0.6) is 5.75 Å². The SMILES string of the molecule is COc1ccc(CNC(=O)[C@@H](C)n2nnc(-c3ccc(C)cc3)n2)cc1. The maximum Gasteiger partial charge on any atom is 0.246 e. The number of nitrogens with one attached hydrogen (secondary N) is 1. The van der Waals surface area contributed by atoms with Gasteiger partial charge in [-0.1, -0.05) is 42.0 Å². The minimum Gasteiger partial charge on any atom is -0.497 e. The highest BCUT2D eigenvalue weighted by molar-refractivity contribution is 5.79. The van der Waals surface area contributed by atoms with Crippen molar-refractivity contribution in [3.05, 3.63) is 59.7 Å². The van der Waals surface area contributed by atoms with E-state index in [9.17, 15) is 4.79 Å². The molecule has 1 N–H and O–H groups in total. The molecule has 7 heteroatoms. The van der Waals surface area contributed by atoms with Crippen LogP contribution in [0.25, 0.3) is 11.4 Å². The number of ether oxygens (including phenoxy) is 1. The van der Waals surface area contributed by atoms with Crippen LogP contribution < -0.4 is 10.1 Å². The molecule has 3 aromatic rings. The molecule has 1 heterocycles. The summed E-state index contributed by atoms with van der Waals surface area (Å²) >= 11 is 0. The van der Waals surface area contributed by atoms with Crippen LogP contribution in [-0.2, 0) is 11.3 Å². The van der Waals surface area contributed by atoms with Gasteiger partial charge in [0.25, 0.3) is 0 Å². The summed E-state index contributed by atoms with van der Waals surface area (Å²) in [5.74, 6) is 1.11. The number of tetrazole rings is 1. The molecule has 2 aromatic carbocycles. The first-order chi connectivity index (χ1) is 12.6. The molecule has 7 nitrogen and oxygen atoms in total. The number of amides is 1. The summed E-state index contributed by atoms with van der Waals surface area (Å²) in [6.45, 7) is 4.18. The lowest BCUT2D eigenvalue weighted by atomic mass is 10.1. The Bertz CT molecular complexity index is 872. The predicted molar refractivity (Wildman–Crippen MR) is 97.5 cm³/mol. The molecule has 1 amide bonds. The molecular weight excluding hydrogens is 330 g/mol. The molecule has 0 radical (unpaired) electrons. The predicted octanol–water partition coefficient (Wildman–Crippen LogP) is 2.53. The van der Waals surface area contributed by atoms with Gasteiger partial charge in [-0.25, -0.2) is 0 Å². The van der Waals surface area contributed by atoms with Crippen molar-refractivity contribution in [2.45, 2.75) is 26.4 Å². The average molecular weight is 351 g/mol. The number of aryl methyl sites for hydroxylation is 1. The van der Waals surface area contributed by atoms with E-state index in [1.807, 2.05) is 55.5 Å². The maximum atomic E-state index is 12.4. The first-order valence-corrected chi connectivity index (χ1v) is 8.34. The molecular formula is C19H21N5O2. The number of carbonyl (C=O) groups excluding carboxylic acids is 1. The second-order valence-electron chi connectivity index (χ2n) is 6.04. The van der Waals surface area contributed by atoms with Gasteiger partial charge in [-0.3, -0.25) is 4.79 Å². The zero-order valence-electron chi connectivity index (χ0n) is 15.0. The summed E-state index contributed by atoms with van der Waals surface area (Å²) in [6, 6.07) is 14.8. The molecule has 0 saturated heterocycles. The number of carbonyl (C=O) groups is 1. The Hall–Kier alpha value is -3.22. The van der Waals surface area contributed by atoms with Crippen molar-refractivity contribution in [2.75, 3.05) is 7.11 Å². The van der Waals surface area contributed by atoms with Crippen LogP contribution in [0.15, 0.2) is 48.5 Å². The topological polar surface area (TPSA) is 81.9 Å². The lowest BCUT2D eigenvalue weighted by Gasteiger charge is -2.11. The monoisotopic (exact) mass is 351 g/mol. The van der Waals surface area contributed by atoms with Gasteiger partial charge in [-0.15, -0.1) is 10.2 Å². The summed E-state index contributed by atoms with van der Waals surface area (Å²) in [5, 5.41) is 15.3. The zero-order valence-corrected chi connectivity index (χ0v) is 15.0. The number of aromatic nitrogens is 4. The first kappa shape index (κ1) is 17.6. The second kappa shape index (κ2) is 7.77. The number of nitrogens with zero attached hydrogens (tertiary/aromatic N) is 4. The van der Waals surface area contributed by atoms with Gasteiger partial charge in [0.2, 0.25) is 11.7 Å². The van der Waals surface area contributed by atoms with Crippen LogP contribution in [0, 0.1) is 6.92 Å². The number of rotatable bonds is 6. The van der Waals surface area contributed by atoms with Crippen molar-refractivity contribution in [1.29, 1.82) is 0 Å². The van der Waals surface area contributed by atoms with Gasteiger partial charge in [-0.2, -0.15) is 4.80 Å². The molecule has 0 bridgehead atoms. The lowest BCUT2D eigenvalue weighted by molar-refractivity contribution is -0.124. The van der Waals surface area contributed by atoms with Crippen molar-refractivity contribution < 1.29 is 9.53 Å². The number of hydrogen-bond acceptors (Lipinski definition) is 5. The smallest absolute Gasteiger partial charge is 0.246 e. The summed E-state index contributed by atoms with van der Waals surface area (Å²) in [7, 11) is 1.62. The van der Waals surface area contributed by atoms with E-state index in [4.69, 9.17) is 4.74 Å². The third kappa shape index (κ3) is 4.05. The molecule has 0 saturated carbocycles. The number of methoxy groups -OCH3 is 1. The maximum absolute atomic E-state index is 12.4. The zero-order chi connectivity index (χ0) is 18.5. The van der Waals surface area contributed by atoms with Gasteiger partial charge in [0.15, 0.2) is 0 Å². The fourth-order valence-electron chi connectivity index (χ4n) is 2.39. The van der Waals surface area contributed by atoms with Crippen molar-refractivity contribution in [3.63, 3.8) is 0 Å². The highest BCUT2D eigenvalue weighted by atomic mass is 16.5. The minimum absolute atomic E-state index is 0.173. The molecule has 3 rings (SSSR count). The summed E-state index contributed by atoms with van der Waals surface area (Å²) in [5.41, 5.74) is 3.01. The standard InChI is InChI=1S/C19H21N5O2/c1-13-4-8-16(9-5-13)18-21-23-24(22-18)14(2)19(25)20-12-15-6-10-17(26-3)11-7-15/h4-11,14H,12H2,1-3H3,(H,20,25)/t14-/m1/s1. The number of hydrogen-bond donors (Lipinski definition) is 1. The normalized spacial score (nSPS) is 11.8. The Labute approximate surface area is 152 Å². The van der Waals surface area contributed by atoms with E-state index in [1.54, 1.807) is 14.0 Å². The molecule has 0 unspecified atom stereocenters. The van der Waals surface area contributed by atoms with E-state index >= 15 is 0 Å². The molecule has 0 aliphatic rings. The van der Waals surface area contributed by atoms with Crippen LogP contribution in [0.4, 0.5) is 0 Å². The molecule has 0 aliphatic heterocycles. The fourth-order valence-corrected chi connectivity index (χ4v) is 2.39. The third-order valence-corrected chi connectivity index (χ3v) is 4.09. The Morgan fingerprint density at radius 3 is 2.50 bits per heavy atom. The molecule has 26 heavy (non-hydrogen) atoms. The lowest BCUT2D eigenvalue weighted by Crippen LogP contribution is -2.31. The fraction of sp³-hybridized carbons (Fsp3) is 0.263. The molecule has 134 valence electrons. The van der Waals surface area contributed by atoms with Crippen LogP contribution in [0.3, 0.4) is 0 Å². The highest BCUT2D eigenvalue weighted by Gasteiger charge is 2.18. The van der Waals surface area contributed by atoms with E-state index in [-0.39, 0.29) is 5.91 Å². The van der Waals surface area contributed by atoms with Crippen molar-refractivity contribution in [2.24, 2.45) is 0 Å². The highest BCUT2D eigenvalue weighted by Crippen LogP contribution is 2.15. The first-order valence-electron chi connectivity index (χ1n) is 8.34. The molecule has 0 aliphatic carbocycles. The van der Waals surface area contributed by atoms with E-state index in [1.165, 1.54) is 4.80 Å². The molecule has 1 aromatic heterocycles. The summed E-state index contributed by atoms with van der Waals surface area (Å²) < 4.78 is 5.12. The van der Waals surface area contributed by atoms with Crippen LogP contribution in [-0.4, -0.2) is 33.2 Å². The summed E-state index contributed by atoms with van der Waals surface area (Å²) in [4.78, 5) is 13.7. The van der Waals surface area contributed by atoms with Crippen molar-refractivity contribution >= 4 is 5.91 Å². The third-order valence-electron chi connectivity index (χ3n) is 4.09. The van der Waals surface area contributed by atoms with E-state index in [2.05, 4.69) is 20.7 Å². The Morgan fingerprint density at radius 1 is 1.15 bits per heavy atom. The quantitative estimate of drug-likeness (QED) is 0.738. The molecule has 0 spiro atoms. The Morgan fingerprint density at radius 2 is 1.85 bits per heavy atom. The number of benzene rings is 2. The Balaban J connectivity index is 1.62. The summed E-state index contributed by atoms with van der Waals surface area (Å²) in [6.07, 6.45) is 0. The second-order valence-corrected chi connectivity index (χ2v) is 6.04. The van der Waals surface area contributed by atoms with Gasteiger partial charge < -0.3 is 10.1 Å². The largest absolute Gasteiger partial charge is 0.497 e. The van der Waals surface area contributed by atoms with Gasteiger partial charge in [0.1, 0.15) is 11.8 Å². The van der Waals surface area contributed by atoms with Gasteiger partial charge in [-0.05, 0) is 36.8 Å². The molecule has 1 atom stereocenters. The van der Waals surface area contributed by atoms with E-state index < -0.39 is 6.04 Å². The molecule has 0 fully saturated rings. The van der Waals surface area contributed by atoms with E-state index in [0.29, 0.717) is 12.4 Å². The van der Waals surface area contributed by atoms with Crippen LogP contribution in [0.2, 0.25) is 0 Å². The van der Waals surface area contributed by atoms with Crippen molar-refractivity contribution in [1.82, 2.24) is 25.5 Å². The minimum atomic E-state index is -0.556. The van der Waals surface area contributed by atoms with Gasteiger partial charge >= 0.3 is 0 Å². The van der Waals surface area contributed by atoms with Gasteiger partial charge in [0.05, 0.1) is 7.11 Å². The Kier molecular flexibility index (Phi) is 5.26. The van der Waals surface area contributed by atoms with Crippen LogP contribution >= 0.6 is 0 Å². The van der Waals surface area contributed by atoms with Gasteiger partial charge in [0, 0.05) is 12.1 Å². The average Bonchev–Trinajstić information content (AvgIpc) is 3.16. The van der Waals surface area contributed by atoms with Crippen molar-refractivity contribution in [3.8, 4) is 17.1 Å².